The van der Waals surface area contributed by atoms with Crippen LogP contribution in [0.3, 0.4) is 0 Å². The molecule has 0 radical (unpaired) electrons. The quantitative estimate of drug-likeness (QED) is 0.827. The van der Waals surface area contributed by atoms with Crippen LogP contribution in [-0.2, 0) is 4.79 Å². The lowest BCUT2D eigenvalue weighted by Gasteiger charge is -2.16. The van der Waals surface area contributed by atoms with Crippen molar-refractivity contribution in [2.45, 2.75) is 25.7 Å². The molecule has 0 amide bonds. The largest absolute Gasteiger partial charge is 0.497 e. The van der Waals surface area contributed by atoms with Gasteiger partial charge in [-0.25, -0.2) is 0 Å². The van der Waals surface area contributed by atoms with E-state index in [1.54, 1.807) is 25.3 Å². The minimum absolute atomic E-state index is 0.551. The monoisotopic (exact) mass is 238 g/mol. The van der Waals surface area contributed by atoms with Crippen molar-refractivity contribution in [3.63, 3.8) is 0 Å². The van der Waals surface area contributed by atoms with Crippen LogP contribution in [0, 0.1) is 0 Å². The lowest BCUT2D eigenvalue weighted by Crippen LogP contribution is -2.12. The van der Waals surface area contributed by atoms with E-state index in [1.807, 2.05) is 6.92 Å². The summed E-state index contributed by atoms with van der Waals surface area (Å²) in [7, 11) is 3.09. The van der Waals surface area contributed by atoms with Gasteiger partial charge in [0.05, 0.1) is 20.1 Å². The number of carbonyl (C=O) groups is 1. The highest BCUT2D eigenvalue weighted by atomic mass is 16.5. The molecule has 1 atom stereocenters. The molecule has 1 aromatic rings. The van der Waals surface area contributed by atoms with Gasteiger partial charge in [0.2, 0.25) is 0 Å². The Morgan fingerprint density at radius 3 is 2.53 bits per heavy atom. The number of carboxylic acids is 1. The molecule has 94 valence electrons. The van der Waals surface area contributed by atoms with Gasteiger partial charge in [-0.3, -0.25) is 4.79 Å². The Morgan fingerprint density at radius 2 is 2.06 bits per heavy atom. The highest BCUT2D eigenvalue weighted by Gasteiger charge is 2.23. The zero-order valence-corrected chi connectivity index (χ0v) is 10.4. The van der Waals surface area contributed by atoms with E-state index < -0.39 is 11.9 Å². The molecule has 0 aliphatic carbocycles. The SMILES string of the molecule is CCCC(C(=O)O)c1cc(OC)ccc1OC. The zero-order chi connectivity index (χ0) is 12.8. The van der Waals surface area contributed by atoms with Crippen molar-refractivity contribution in [1.82, 2.24) is 0 Å². The smallest absolute Gasteiger partial charge is 0.311 e. The van der Waals surface area contributed by atoms with Crippen molar-refractivity contribution < 1.29 is 19.4 Å². The standard InChI is InChI=1S/C13H18O4/c1-4-5-10(13(14)15)11-8-9(16-2)6-7-12(11)17-3/h6-8,10H,4-5H2,1-3H3,(H,14,15). The first kappa shape index (κ1) is 13.4. The first-order chi connectivity index (χ1) is 8.13. The lowest BCUT2D eigenvalue weighted by atomic mass is 9.93. The van der Waals surface area contributed by atoms with Crippen LogP contribution in [0.4, 0.5) is 0 Å². The van der Waals surface area contributed by atoms with Gasteiger partial charge in [-0.15, -0.1) is 0 Å². The Bertz CT molecular complexity index is 387. The molecule has 0 bridgehead atoms. The molecule has 1 rings (SSSR count). The van der Waals surface area contributed by atoms with Crippen molar-refractivity contribution in [2.75, 3.05) is 14.2 Å². The van der Waals surface area contributed by atoms with Gasteiger partial charge >= 0.3 is 5.97 Å². The summed E-state index contributed by atoms with van der Waals surface area (Å²) in [5.74, 6) is -0.154. The summed E-state index contributed by atoms with van der Waals surface area (Å²) in [6.07, 6.45) is 1.39. The van der Waals surface area contributed by atoms with E-state index in [-0.39, 0.29) is 0 Å². The third kappa shape index (κ3) is 3.12. The second-order valence-electron chi connectivity index (χ2n) is 3.79. The summed E-state index contributed by atoms with van der Waals surface area (Å²) >= 11 is 0. The van der Waals surface area contributed by atoms with E-state index >= 15 is 0 Å². The molecule has 0 aliphatic heterocycles. The van der Waals surface area contributed by atoms with E-state index in [9.17, 15) is 9.90 Å². The van der Waals surface area contributed by atoms with Crippen LogP contribution >= 0.6 is 0 Å². The van der Waals surface area contributed by atoms with Crippen LogP contribution in [0.1, 0.15) is 31.2 Å². The van der Waals surface area contributed by atoms with Crippen molar-refractivity contribution in [3.05, 3.63) is 23.8 Å². The van der Waals surface area contributed by atoms with Crippen LogP contribution in [0.5, 0.6) is 11.5 Å². The van der Waals surface area contributed by atoms with Crippen LogP contribution < -0.4 is 9.47 Å². The lowest BCUT2D eigenvalue weighted by molar-refractivity contribution is -0.139. The van der Waals surface area contributed by atoms with E-state index in [4.69, 9.17) is 9.47 Å². The van der Waals surface area contributed by atoms with Gasteiger partial charge in [-0.05, 0) is 24.6 Å². The molecular weight excluding hydrogens is 220 g/mol. The van der Waals surface area contributed by atoms with Gasteiger partial charge in [-0.1, -0.05) is 13.3 Å². The Kier molecular flexibility index (Phi) is 4.82. The number of methoxy groups -OCH3 is 2. The maximum Gasteiger partial charge on any atom is 0.311 e. The van der Waals surface area contributed by atoms with E-state index in [0.29, 0.717) is 23.5 Å². The zero-order valence-electron chi connectivity index (χ0n) is 10.4. The van der Waals surface area contributed by atoms with Crippen LogP contribution in [-0.4, -0.2) is 25.3 Å². The number of rotatable bonds is 6. The number of ether oxygens (including phenoxy) is 2. The predicted molar refractivity (Wildman–Crippen MR) is 64.8 cm³/mol. The van der Waals surface area contributed by atoms with Gasteiger partial charge in [0.1, 0.15) is 11.5 Å². The van der Waals surface area contributed by atoms with Crippen molar-refractivity contribution in [2.24, 2.45) is 0 Å². The van der Waals surface area contributed by atoms with Crippen LogP contribution in [0.25, 0.3) is 0 Å². The Labute approximate surface area is 101 Å². The Balaban J connectivity index is 3.18. The highest BCUT2D eigenvalue weighted by molar-refractivity contribution is 5.77. The van der Waals surface area contributed by atoms with Gasteiger partial charge in [0.25, 0.3) is 0 Å². The fraction of sp³-hybridized carbons (Fsp3) is 0.462. The van der Waals surface area contributed by atoms with Crippen molar-refractivity contribution >= 4 is 5.97 Å². The molecule has 0 spiro atoms. The molecule has 0 saturated heterocycles. The normalized spacial score (nSPS) is 11.9. The molecule has 0 fully saturated rings. The summed E-state index contributed by atoms with van der Waals surface area (Å²) in [5, 5.41) is 9.24. The molecule has 4 nitrogen and oxygen atoms in total. The minimum Gasteiger partial charge on any atom is -0.497 e. The summed E-state index contributed by atoms with van der Waals surface area (Å²) in [6.45, 7) is 1.96. The van der Waals surface area contributed by atoms with Crippen LogP contribution in [0.2, 0.25) is 0 Å². The average Bonchev–Trinajstić information content (AvgIpc) is 2.34. The maximum absolute atomic E-state index is 11.3. The number of hydrogen-bond acceptors (Lipinski definition) is 3. The second kappa shape index (κ2) is 6.13. The first-order valence-electron chi connectivity index (χ1n) is 5.58. The molecule has 17 heavy (non-hydrogen) atoms. The fourth-order valence-electron chi connectivity index (χ4n) is 1.81. The average molecular weight is 238 g/mol. The summed E-state index contributed by atoms with van der Waals surface area (Å²) in [6, 6.07) is 5.22. The second-order valence-corrected chi connectivity index (χ2v) is 3.79. The molecule has 0 saturated carbocycles. The number of aliphatic carboxylic acids is 1. The molecule has 1 aromatic carbocycles. The Hall–Kier alpha value is -1.71. The Morgan fingerprint density at radius 1 is 1.35 bits per heavy atom. The summed E-state index contributed by atoms with van der Waals surface area (Å²) < 4.78 is 10.3. The topological polar surface area (TPSA) is 55.8 Å². The molecule has 0 heterocycles. The van der Waals surface area contributed by atoms with E-state index in [0.717, 1.165) is 6.42 Å². The highest BCUT2D eigenvalue weighted by Crippen LogP contribution is 2.33. The number of benzene rings is 1. The molecule has 1 N–H and O–H groups in total. The fourth-order valence-corrected chi connectivity index (χ4v) is 1.81. The van der Waals surface area contributed by atoms with Crippen molar-refractivity contribution in [1.29, 1.82) is 0 Å². The summed E-state index contributed by atoms with van der Waals surface area (Å²) in [4.78, 5) is 11.3. The first-order valence-corrected chi connectivity index (χ1v) is 5.58. The molecule has 0 aromatic heterocycles. The molecule has 4 heteroatoms. The van der Waals surface area contributed by atoms with Gasteiger partial charge in [0.15, 0.2) is 0 Å². The van der Waals surface area contributed by atoms with Crippen molar-refractivity contribution in [3.8, 4) is 11.5 Å². The van der Waals surface area contributed by atoms with E-state index in [2.05, 4.69) is 0 Å². The summed E-state index contributed by atoms with van der Waals surface area (Å²) in [5.41, 5.74) is 0.668. The van der Waals surface area contributed by atoms with Crippen LogP contribution in [0.15, 0.2) is 18.2 Å². The predicted octanol–water partition coefficient (Wildman–Crippen LogP) is 2.67. The van der Waals surface area contributed by atoms with Gasteiger partial charge in [-0.2, -0.15) is 0 Å². The third-order valence-electron chi connectivity index (χ3n) is 2.69. The number of carboxylic acid groups (broad SMARTS) is 1. The van der Waals surface area contributed by atoms with E-state index in [1.165, 1.54) is 7.11 Å². The number of hydrogen-bond donors (Lipinski definition) is 1. The van der Waals surface area contributed by atoms with Gasteiger partial charge < -0.3 is 14.6 Å². The molecule has 0 aliphatic rings. The maximum atomic E-state index is 11.3. The molecule has 1 unspecified atom stereocenters. The molecular formula is C13H18O4. The van der Waals surface area contributed by atoms with Gasteiger partial charge in [0, 0.05) is 5.56 Å². The minimum atomic E-state index is -0.835. The third-order valence-corrected chi connectivity index (χ3v) is 2.69.